The van der Waals surface area contributed by atoms with E-state index in [-0.39, 0.29) is 13.4 Å². The maximum absolute atomic E-state index is 11.7. The molecule has 0 atom stereocenters. The lowest BCUT2D eigenvalue weighted by atomic mass is 10.3. The lowest BCUT2D eigenvalue weighted by molar-refractivity contribution is -0.136. The van der Waals surface area contributed by atoms with Crippen molar-refractivity contribution in [3.63, 3.8) is 0 Å². The number of hydrogen-bond donors (Lipinski definition) is 0. The summed E-state index contributed by atoms with van der Waals surface area (Å²) >= 11 is 5.76. The van der Waals surface area contributed by atoms with Gasteiger partial charge in [0.25, 0.3) is 0 Å². The highest BCUT2D eigenvalue weighted by molar-refractivity contribution is 6.30. The fourth-order valence-electron chi connectivity index (χ4n) is 1.77. The SMILES string of the molecule is O=C(COc1ccc(Cl)cc1)Oc1ccc2c(c1)OCO2. The van der Waals surface area contributed by atoms with E-state index in [1.165, 1.54) is 0 Å². The van der Waals surface area contributed by atoms with Crippen molar-refractivity contribution in [2.24, 2.45) is 0 Å². The third-order valence-corrected chi connectivity index (χ3v) is 3.00. The molecule has 0 saturated carbocycles. The number of carbonyl (C=O) groups is 1. The Morgan fingerprint density at radius 2 is 1.76 bits per heavy atom. The van der Waals surface area contributed by atoms with E-state index in [1.54, 1.807) is 42.5 Å². The van der Waals surface area contributed by atoms with Crippen LogP contribution in [0, 0.1) is 0 Å². The predicted octanol–water partition coefficient (Wildman–Crippen LogP) is 3.05. The van der Waals surface area contributed by atoms with E-state index >= 15 is 0 Å². The third kappa shape index (κ3) is 3.38. The molecule has 0 aromatic heterocycles. The van der Waals surface area contributed by atoms with Crippen LogP contribution in [0.1, 0.15) is 0 Å². The molecule has 0 bridgehead atoms. The van der Waals surface area contributed by atoms with Crippen molar-refractivity contribution >= 4 is 17.6 Å². The molecule has 0 N–H and O–H groups in total. The van der Waals surface area contributed by atoms with Gasteiger partial charge in [0.05, 0.1) is 0 Å². The summed E-state index contributed by atoms with van der Waals surface area (Å²) in [4.78, 5) is 11.7. The molecule has 2 aromatic rings. The highest BCUT2D eigenvalue weighted by atomic mass is 35.5. The van der Waals surface area contributed by atoms with Crippen molar-refractivity contribution in [2.45, 2.75) is 0 Å². The number of esters is 1. The number of rotatable bonds is 4. The van der Waals surface area contributed by atoms with E-state index in [4.69, 9.17) is 30.5 Å². The second-order valence-electron chi connectivity index (χ2n) is 4.23. The molecule has 21 heavy (non-hydrogen) atoms. The van der Waals surface area contributed by atoms with E-state index < -0.39 is 5.97 Å². The van der Waals surface area contributed by atoms with Gasteiger partial charge in [-0.25, -0.2) is 4.79 Å². The Bertz CT molecular complexity index is 654. The van der Waals surface area contributed by atoms with E-state index in [0.29, 0.717) is 28.0 Å². The molecule has 1 aliphatic rings. The molecule has 2 aromatic carbocycles. The Labute approximate surface area is 125 Å². The Balaban J connectivity index is 1.55. The average molecular weight is 307 g/mol. The Morgan fingerprint density at radius 1 is 1.05 bits per heavy atom. The van der Waals surface area contributed by atoms with Crippen molar-refractivity contribution in [1.82, 2.24) is 0 Å². The van der Waals surface area contributed by atoms with Gasteiger partial charge in [-0.1, -0.05) is 11.6 Å². The number of ether oxygens (including phenoxy) is 4. The van der Waals surface area contributed by atoms with Crippen LogP contribution in [0.3, 0.4) is 0 Å². The summed E-state index contributed by atoms with van der Waals surface area (Å²) in [6.07, 6.45) is 0. The largest absolute Gasteiger partial charge is 0.482 e. The summed E-state index contributed by atoms with van der Waals surface area (Å²) in [5.74, 6) is 1.60. The van der Waals surface area contributed by atoms with Gasteiger partial charge in [0.15, 0.2) is 18.1 Å². The number of hydrogen-bond acceptors (Lipinski definition) is 5. The fourth-order valence-corrected chi connectivity index (χ4v) is 1.90. The van der Waals surface area contributed by atoms with Gasteiger partial charge in [-0.2, -0.15) is 0 Å². The summed E-state index contributed by atoms with van der Waals surface area (Å²) in [5.41, 5.74) is 0. The van der Waals surface area contributed by atoms with Crippen LogP contribution in [0.15, 0.2) is 42.5 Å². The summed E-state index contributed by atoms with van der Waals surface area (Å²) < 4.78 is 20.8. The van der Waals surface area contributed by atoms with Gasteiger partial charge in [0, 0.05) is 11.1 Å². The van der Waals surface area contributed by atoms with Crippen molar-refractivity contribution < 1.29 is 23.7 Å². The van der Waals surface area contributed by atoms with Crippen LogP contribution in [0.2, 0.25) is 5.02 Å². The first-order chi connectivity index (χ1) is 10.2. The fraction of sp³-hybridized carbons (Fsp3) is 0.133. The smallest absolute Gasteiger partial charge is 0.349 e. The lowest BCUT2D eigenvalue weighted by Crippen LogP contribution is -2.17. The van der Waals surface area contributed by atoms with E-state index in [2.05, 4.69) is 0 Å². The first kappa shape index (κ1) is 13.6. The van der Waals surface area contributed by atoms with Gasteiger partial charge in [0.1, 0.15) is 11.5 Å². The molecule has 0 amide bonds. The normalized spacial score (nSPS) is 12.0. The second kappa shape index (κ2) is 5.93. The zero-order valence-electron chi connectivity index (χ0n) is 10.9. The minimum Gasteiger partial charge on any atom is -0.482 e. The molecule has 108 valence electrons. The van der Waals surface area contributed by atoms with Gasteiger partial charge < -0.3 is 18.9 Å². The predicted molar refractivity (Wildman–Crippen MR) is 75.1 cm³/mol. The van der Waals surface area contributed by atoms with Crippen LogP contribution >= 0.6 is 11.6 Å². The average Bonchev–Trinajstić information content (AvgIpc) is 2.94. The first-order valence-corrected chi connectivity index (χ1v) is 6.57. The molecule has 3 rings (SSSR count). The van der Waals surface area contributed by atoms with Gasteiger partial charge in [-0.05, 0) is 36.4 Å². The van der Waals surface area contributed by atoms with Crippen LogP contribution in [-0.4, -0.2) is 19.4 Å². The number of fused-ring (bicyclic) bond motifs is 1. The second-order valence-corrected chi connectivity index (χ2v) is 4.67. The maximum Gasteiger partial charge on any atom is 0.349 e. The zero-order valence-corrected chi connectivity index (χ0v) is 11.6. The maximum atomic E-state index is 11.7. The standard InChI is InChI=1S/C15H11ClO5/c16-10-1-3-11(4-2-10)18-8-15(17)21-12-5-6-13-14(7-12)20-9-19-13/h1-7H,8-9H2. The molecule has 0 radical (unpaired) electrons. The third-order valence-electron chi connectivity index (χ3n) is 2.75. The molecule has 5 nitrogen and oxygen atoms in total. The van der Waals surface area contributed by atoms with Crippen LogP contribution in [-0.2, 0) is 4.79 Å². The number of carbonyl (C=O) groups excluding carboxylic acids is 1. The lowest BCUT2D eigenvalue weighted by Gasteiger charge is -2.07. The molecule has 1 heterocycles. The molecule has 6 heteroatoms. The summed E-state index contributed by atoms with van der Waals surface area (Å²) in [5, 5.41) is 0.602. The Kier molecular flexibility index (Phi) is 3.83. The minimum absolute atomic E-state index is 0.173. The summed E-state index contributed by atoms with van der Waals surface area (Å²) in [6, 6.07) is 11.6. The van der Waals surface area contributed by atoms with Crippen LogP contribution in [0.4, 0.5) is 0 Å². The van der Waals surface area contributed by atoms with Crippen molar-refractivity contribution in [3.8, 4) is 23.0 Å². The topological polar surface area (TPSA) is 54.0 Å². The Morgan fingerprint density at radius 3 is 2.57 bits per heavy atom. The molecule has 0 aliphatic carbocycles. The quantitative estimate of drug-likeness (QED) is 0.642. The number of halogens is 1. The monoisotopic (exact) mass is 306 g/mol. The van der Waals surface area contributed by atoms with Crippen LogP contribution in [0.5, 0.6) is 23.0 Å². The van der Waals surface area contributed by atoms with E-state index in [9.17, 15) is 4.79 Å². The van der Waals surface area contributed by atoms with Gasteiger partial charge in [-0.15, -0.1) is 0 Å². The molecular weight excluding hydrogens is 296 g/mol. The summed E-state index contributed by atoms with van der Waals surface area (Å²) in [7, 11) is 0. The van der Waals surface area contributed by atoms with Crippen molar-refractivity contribution in [2.75, 3.05) is 13.4 Å². The van der Waals surface area contributed by atoms with Gasteiger partial charge in [0.2, 0.25) is 6.79 Å². The molecule has 1 aliphatic heterocycles. The van der Waals surface area contributed by atoms with Crippen molar-refractivity contribution in [3.05, 3.63) is 47.5 Å². The first-order valence-electron chi connectivity index (χ1n) is 6.19. The zero-order chi connectivity index (χ0) is 14.7. The molecule has 0 spiro atoms. The van der Waals surface area contributed by atoms with E-state index in [1.807, 2.05) is 0 Å². The van der Waals surface area contributed by atoms with E-state index in [0.717, 1.165) is 0 Å². The molecule has 0 unspecified atom stereocenters. The molecule has 0 fully saturated rings. The molecular formula is C15H11ClO5. The Hall–Kier alpha value is -2.40. The highest BCUT2D eigenvalue weighted by Gasteiger charge is 2.15. The van der Waals surface area contributed by atoms with Crippen molar-refractivity contribution in [1.29, 1.82) is 0 Å². The van der Waals surface area contributed by atoms with Crippen LogP contribution < -0.4 is 18.9 Å². The molecule has 0 saturated heterocycles. The van der Waals surface area contributed by atoms with Gasteiger partial charge >= 0.3 is 5.97 Å². The summed E-state index contributed by atoms with van der Waals surface area (Å²) in [6.45, 7) is -0.0253. The van der Waals surface area contributed by atoms with Gasteiger partial charge in [-0.3, -0.25) is 0 Å². The van der Waals surface area contributed by atoms with Crippen LogP contribution in [0.25, 0.3) is 0 Å². The number of benzene rings is 2. The minimum atomic E-state index is -0.510. The highest BCUT2D eigenvalue weighted by Crippen LogP contribution is 2.35.